The molecule has 4 aromatic rings. The number of aromatic nitrogens is 1. The second-order valence-electron chi connectivity index (χ2n) is 6.41. The molecule has 6 nitrogen and oxygen atoms in total. The first-order valence-electron chi connectivity index (χ1n) is 9.12. The van der Waals surface area contributed by atoms with Gasteiger partial charge in [-0.25, -0.2) is 4.39 Å². The van der Waals surface area contributed by atoms with Crippen LogP contribution >= 0.6 is 0 Å². The number of pyridine rings is 1. The van der Waals surface area contributed by atoms with Crippen LogP contribution in [0.2, 0.25) is 0 Å². The molecule has 0 fully saturated rings. The fourth-order valence-electron chi connectivity index (χ4n) is 2.97. The summed E-state index contributed by atoms with van der Waals surface area (Å²) >= 11 is 0. The highest BCUT2D eigenvalue weighted by atomic mass is 19.1. The van der Waals surface area contributed by atoms with E-state index in [1.54, 1.807) is 24.4 Å². The summed E-state index contributed by atoms with van der Waals surface area (Å²) in [5.74, 6) is 0.701. The van der Waals surface area contributed by atoms with Crippen molar-refractivity contribution >= 4 is 16.6 Å². The highest BCUT2D eigenvalue weighted by molar-refractivity contribution is 5.88. The second kappa shape index (κ2) is 8.57. The number of fused-ring (bicyclic) bond motifs is 1. The van der Waals surface area contributed by atoms with Crippen molar-refractivity contribution in [1.82, 2.24) is 4.98 Å². The molecule has 0 amide bonds. The van der Waals surface area contributed by atoms with Crippen molar-refractivity contribution in [1.29, 1.82) is 0 Å². The first-order chi connectivity index (χ1) is 14.7. The first-order valence-corrected chi connectivity index (χ1v) is 9.12. The van der Waals surface area contributed by atoms with Crippen LogP contribution in [0, 0.1) is 10.7 Å². The Morgan fingerprint density at radius 1 is 0.933 bits per heavy atom. The second-order valence-corrected chi connectivity index (χ2v) is 6.41. The van der Waals surface area contributed by atoms with E-state index in [1.165, 1.54) is 19.2 Å². The molecule has 0 bridgehead atoms. The monoisotopic (exact) mass is 404 g/mol. The average molecular weight is 404 g/mol. The summed E-state index contributed by atoms with van der Waals surface area (Å²) in [6.45, 7) is 0.376. The van der Waals surface area contributed by atoms with Gasteiger partial charge in [-0.05, 0) is 35.0 Å². The van der Waals surface area contributed by atoms with Gasteiger partial charge in [0.2, 0.25) is 0 Å². The Balaban J connectivity index is 1.66. The fourth-order valence-corrected chi connectivity index (χ4v) is 2.97. The Kier molecular flexibility index (Phi) is 5.52. The number of nitrogens with zero attached hydrogens (tertiary/aromatic N) is 2. The van der Waals surface area contributed by atoms with E-state index < -0.39 is 5.82 Å². The summed E-state index contributed by atoms with van der Waals surface area (Å²) < 4.78 is 31.3. The average Bonchev–Trinajstić information content (AvgIpc) is 2.79. The van der Waals surface area contributed by atoms with Gasteiger partial charge in [-0.15, -0.1) is 4.91 Å². The first kappa shape index (κ1) is 19.3. The lowest BCUT2D eigenvalue weighted by Crippen LogP contribution is -1.98. The molecule has 0 N–H and O–H groups in total. The highest BCUT2D eigenvalue weighted by Gasteiger charge is 2.14. The lowest BCUT2D eigenvalue weighted by atomic mass is 10.1. The summed E-state index contributed by atoms with van der Waals surface area (Å²) in [6.07, 6.45) is 1.56. The van der Waals surface area contributed by atoms with Gasteiger partial charge in [0.25, 0.3) is 0 Å². The minimum atomic E-state index is -0.688. The maximum absolute atomic E-state index is 14.2. The van der Waals surface area contributed by atoms with Crippen molar-refractivity contribution in [3.8, 4) is 23.0 Å². The Hall–Kier alpha value is -4.00. The Morgan fingerprint density at radius 3 is 2.50 bits per heavy atom. The SMILES string of the molecule is COc1cc2c(Oc3ccc(N=O)cc3F)ccnc2cc1OCc1ccccc1. The molecular formula is C23H17FN2O4. The largest absolute Gasteiger partial charge is 0.493 e. The van der Waals surface area contributed by atoms with E-state index in [0.29, 0.717) is 34.8 Å². The van der Waals surface area contributed by atoms with Crippen LogP contribution in [0.15, 0.2) is 78.1 Å². The van der Waals surface area contributed by atoms with E-state index in [2.05, 4.69) is 10.2 Å². The number of hydrogen-bond acceptors (Lipinski definition) is 6. The summed E-state index contributed by atoms with van der Waals surface area (Å²) in [6, 6.07) is 18.6. The quantitative estimate of drug-likeness (QED) is 0.345. The minimum Gasteiger partial charge on any atom is -0.493 e. The van der Waals surface area contributed by atoms with Crippen molar-refractivity contribution in [3.63, 3.8) is 0 Å². The lowest BCUT2D eigenvalue weighted by Gasteiger charge is -2.14. The number of halogens is 1. The van der Waals surface area contributed by atoms with E-state index in [1.807, 2.05) is 30.3 Å². The number of ether oxygens (including phenoxy) is 3. The van der Waals surface area contributed by atoms with E-state index >= 15 is 0 Å². The molecule has 3 aromatic carbocycles. The summed E-state index contributed by atoms with van der Waals surface area (Å²) in [5.41, 5.74) is 1.61. The van der Waals surface area contributed by atoms with Gasteiger partial charge in [0, 0.05) is 23.7 Å². The van der Waals surface area contributed by atoms with Crippen molar-refractivity contribution in [2.45, 2.75) is 6.61 Å². The lowest BCUT2D eigenvalue weighted by molar-refractivity contribution is 0.285. The summed E-state index contributed by atoms with van der Waals surface area (Å²) in [5, 5.41) is 3.34. The zero-order valence-corrected chi connectivity index (χ0v) is 16.0. The van der Waals surface area contributed by atoms with Crippen LogP contribution < -0.4 is 14.2 Å². The molecule has 0 aliphatic heterocycles. The van der Waals surface area contributed by atoms with Gasteiger partial charge in [0.1, 0.15) is 18.0 Å². The summed E-state index contributed by atoms with van der Waals surface area (Å²) in [7, 11) is 1.54. The number of benzene rings is 3. The predicted octanol–water partition coefficient (Wildman–Crippen LogP) is 6.15. The minimum absolute atomic E-state index is 0.0127. The van der Waals surface area contributed by atoms with Crippen molar-refractivity contribution in [2.75, 3.05) is 7.11 Å². The molecule has 0 atom stereocenters. The van der Waals surface area contributed by atoms with Gasteiger partial charge >= 0.3 is 0 Å². The van der Waals surface area contributed by atoms with Crippen LogP contribution in [0.5, 0.6) is 23.0 Å². The molecule has 0 spiro atoms. The van der Waals surface area contributed by atoms with Crippen LogP contribution in [-0.2, 0) is 6.61 Å². The van der Waals surface area contributed by atoms with Gasteiger partial charge in [-0.3, -0.25) is 4.98 Å². The molecule has 150 valence electrons. The molecule has 4 rings (SSSR count). The van der Waals surface area contributed by atoms with Crippen molar-refractivity contribution in [2.24, 2.45) is 5.18 Å². The van der Waals surface area contributed by atoms with E-state index in [0.717, 1.165) is 11.6 Å². The molecule has 0 aliphatic rings. The molecule has 1 heterocycles. The van der Waals surface area contributed by atoms with Gasteiger partial charge < -0.3 is 14.2 Å². The van der Waals surface area contributed by atoms with Crippen LogP contribution in [0.4, 0.5) is 10.1 Å². The number of rotatable bonds is 7. The molecule has 7 heteroatoms. The third-order valence-corrected chi connectivity index (χ3v) is 4.46. The van der Waals surface area contributed by atoms with E-state index in [9.17, 15) is 9.30 Å². The number of hydrogen-bond donors (Lipinski definition) is 0. The van der Waals surface area contributed by atoms with E-state index in [-0.39, 0.29) is 11.4 Å². The maximum Gasteiger partial charge on any atom is 0.167 e. The molecule has 0 saturated heterocycles. The van der Waals surface area contributed by atoms with Crippen molar-refractivity contribution in [3.05, 3.63) is 89.2 Å². The van der Waals surface area contributed by atoms with Crippen LogP contribution in [0.3, 0.4) is 0 Å². The molecular weight excluding hydrogens is 387 g/mol. The molecule has 1 aromatic heterocycles. The van der Waals surface area contributed by atoms with Gasteiger partial charge in [0.15, 0.2) is 23.1 Å². The standard InChI is InChI=1S/C23H17FN2O4/c1-28-22-12-17-19(13-23(22)29-14-15-5-3-2-4-6-15)25-10-9-20(17)30-21-8-7-16(26-27)11-18(21)24/h2-13H,14H2,1H3. The predicted molar refractivity (Wildman–Crippen MR) is 111 cm³/mol. The zero-order valence-electron chi connectivity index (χ0n) is 16.0. The number of nitroso groups, excluding NO2 is 1. The smallest absolute Gasteiger partial charge is 0.167 e. The topological polar surface area (TPSA) is 70.0 Å². The van der Waals surface area contributed by atoms with Gasteiger partial charge in [-0.2, -0.15) is 0 Å². The molecule has 0 unspecified atom stereocenters. The molecule has 0 aliphatic carbocycles. The van der Waals surface area contributed by atoms with Crippen LogP contribution in [0.25, 0.3) is 10.9 Å². The maximum atomic E-state index is 14.2. The number of methoxy groups -OCH3 is 1. The Labute approximate surface area is 171 Å². The zero-order chi connectivity index (χ0) is 20.9. The molecule has 0 radical (unpaired) electrons. The highest BCUT2D eigenvalue weighted by Crippen LogP contribution is 2.38. The van der Waals surface area contributed by atoms with Crippen LogP contribution in [-0.4, -0.2) is 12.1 Å². The fraction of sp³-hybridized carbons (Fsp3) is 0.0870. The van der Waals surface area contributed by atoms with E-state index in [4.69, 9.17) is 14.2 Å². The third-order valence-electron chi connectivity index (χ3n) is 4.46. The van der Waals surface area contributed by atoms with Crippen molar-refractivity contribution < 1.29 is 18.6 Å². The normalized spacial score (nSPS) is 10.6. The third kappa shape index (κ3) is 4.05. The summed E-state index contributed by atoms with van der Waals surface area (Å²) in [4.78, 5) is 14.9. The Bertz CT molecular complexity index is 1200. The van der Waals surface area contributed by atoms with Crippen LogP contribution in [0.1, 0.15) is 5.56 Å². The van der Waals surface area contributed by atoms with Gasteiger partial charge in [-0.1, -0.05) is 30.3 Å². The Morgan fingerprint density at radius 2 is 1.77 bits per heavy atom. The molecule has 0 saturated carbocycles. The van der Waals surface area contributed by atoms with Gasteiger partial charge in [0.05, 0.1) is 12.6 Å². The molecule has 30 heavy (non-hydrogen) atoms.